The molecule has 0 N–H and O–H groups in total. The minimum absolute atomic E-state index is 0.244. The predicted molar refractivity (Wildman–Crippen MR) is 51.6 cm³/mol. The summed E-state index contributed by atoms with van der Waals surface area (Å²) in [5.74, 6) is 0. The van der Waals surface area contributed by atoms with Crippen LogP contribution in [0, 0.1) is 0 Å². The number of phosphoric ester groups is 1. The Balaban J connectivity index is 3.99. The molecule has 0 heterocycles. The molecule has 0 aromatic carbocycles. The van der Waals surface area contributed by atoms with Gasteiger partial charge in [0.1, 0.15) is 0 Å². The zero-order valence-electron chi connectivity index (χ0n) is 8.36. The van der Waals surface area contributed by atoms with Crippen molar-refractivity contribution in [2.45, 2.75) is 20.8 Å². The Bertz CT molecular complexity index is 181. The molecule has 0 bridgehead atoms. The minimum Gasteiger partial charge on any atom is -0.287 e. The average Bonchev–Trinajstić information content (AvgIpc) is 2.05. The highest BCUT2D eigenvalue weighted by atomic mass is 31.2. The fourth-order valence-corrected chi connectivity index (χ4v) is 1.78. The smallest absolute Gasteiger partial charge is 0.287 e. The lowest BCUT2D eigenvalue weighted by Gasteiger charge is -2.14. The number of hydrogen-bond acceptors (Lipinski definition) is 4. The molecular formula is C8H17O4P. The summed E-state index contributed by atoms with van der Waals surface area (Å²) in [5.41, 5.74) is 0. The van der Waals surface area contributed by atoms with Crippen molar-refractivity contribution in [3.63, 3.8) is 0 Å². The molecule has 4 nitrogen and oxygen atoms in total. The van der Waals surface area contributed by atoms with Crippen molar-refractivity contribution in [2.24, 2.45) is 0 Å². The Kier molecular flexibility index (Phi) is 7.19. The Morgan fingerprint density at radius 3 is 2.08 bits per heavy atom. The van der Waals surface area contributed by atoms with E-state index in [1.54, 1.807) is 19.9 Å². The van der Waals surface area contributed by atoms with Crippen molar-refractivity contribution in [3.8, 4) is 0 Å². The topological polar surface area (TPSA) is 44.8 Å². The van der Waals surface area contributed by atoms with Crippen molar-refractivity contribution in [1.82, 2.24) is 0 Å². The van der Waals surface area contributed by atoms with E-state index in [0.717, 1.165) is 0 Å². The molecule has 13 heavy (non-hydrogen) atoms. The summed E-state index contributed by atoms with van der Waals surface area (Å²) >= 11 is 0. The molecule has 0 spiro atoms. The summed E-state index contributed by atoms with van der Waals surface area (Å²) in [7, 11) is -3.30. The van der Waals surface area contributed by atoms with Gasteiger partial charge in [0, 0.05) is 0 Å². The lowest BCUT2D eigenvalue weighted by Crippen LogP contribution is -1.99. The zero-order valence-corrected chi connectivity index (χ0v) is 9.25. The van der Waals surface area contributed by atoms with Gasteiger partial charge in [0.25, 0.3) is 0 Å². The maximum atomic E-state index is 11.6. The second kappa shape index (κ2) is 7.27. The number of rotatable bonds is 7. The van der Waals surface area contributed by atoms with Gasteiger partial charge >= 0.3 is 7.82 Å². The van der Waals surface area contributed by atoms with Crippen LogP contribution in [-0.4, -0.2) is 19.8 Å². The SMILES string of the molecule is C/C=C\COP(=O)(OCC)OCC. The van der Waals surface area contributed by atoms with Crippen LogP contribution in [0.1, 0.15) is 20.8 Å². The van der Waals surface area contributed by atoms with Gasteiger partial charge in [-0.2, -0.15) is 0 Å². The van der Waals surface area contributed by atoms with E-state index in [1.165, 1.54) is 0 Å². The fraction of sp³-hybridized carbons (Fsp3) is 0.750. The maximum absolute atomic E-state index is 11.6. The van der Waals surface area contributed by atoms with E-state index in [1.807, 2.05) is 13.0 Å². The molecule has 0 rings (SSSR count). The van der Waals surface area contributed by atoms with Crippen molar-refractivity contribution in [3.05, 3.63) is 12.2 Å². The number of hydrogen-bond donors (Lipinski definition) is 0. The van der Waals surface area contributed by atoms with Gasteiger partial charge in [-0.3, -0.25) is 13.6 Å². The summed E-state index contributed by atoms with van der Waals surface area (Å²) in [6.45, 7) is 6.21. The molecule has 0 atom stereocenters. The second-order valence-electron chi connectivity index (χ2n) is 2.15. The van der Waals surface area contributed by atoms with E-state index in [2.05, 4.69) is 0 Å². The van der Waals surface area contributed by atoms with Crippen LogP contribution in [0.3, 0.4) is 0 Å². The van der Waals surface area contributed by atoms with Crippen LogP contribution in [0.2, 0.25) is 0 Å². The molecule has 0 unspecified atom stereocenters. The van der Waals surface area contributed by atoms with E-state index < -0.39 is 7.82 Å². The summed E-state index contributed by atoms with van der Waals surface area (Å²) in [4.78, 5) is 0. The van der Waals surface area contributed by atoms with Gasteiger partial charge in [-0.1, -0.05) is 12.2 Å². The quantitative estimate of drug-likeness (QED) is 0.476. The molecule has 0 aliphatic rings. The number of phosphoric acid groups is 1. The highest BCUT2D eigenvalue weighted by Crippen LogP contribution is 2.48. The fourth-order valence-electron chi connectivity index (χ4n) is 0.659. The van der Waals surface area contributed by atoms with Crippen LogP contribution in [0.4, 0.5) is 0 Å². The van der Waals surface area contributed by atoms with Gasteiger partial charge in [0.15, 0.2) is 0 Å². The van der Waals surface area contributed by atoms with E-state index >= 15 is 0 Å². The first-order chi connectivity index (χ1) is 6.18. The molecule has 0 aliphatic carbocycles. The first-order valence-electron chi connectivity index (χ1n) is 4.33. The van der Waals surface area contributed by atoms with Crippen LogP contribution >= 0.6 is 7.82 Å². The Hall–Kier alpha value is -0.150. The van der Waals surface area contributed by atoms with Crippen LogP contribution in [-0.2, 0) is 18.1 Å². The van der Waals surface area contributed by atoms with E-state index in [0.29, 0.717) is 13.2 Å². The third-order valence-electron chi connectivity index (χ3n) is 1.14. The van der Waals surface area contributed by atoms with Crippen molar-refractivity contribution in [2.75, 3.05) is 19.8 Å². The van der Waals surface area contributed by atoms with Crippen molar-refractivity contribution < 1.29 is 18.1 Å². The first-order valence-corrected chi connectivity index (χ1v) is 5.79. The lowest BCUT2D eigenvalue weighted by atomic mass is 10.6. The molecule has 78 valence electrons. The largest absolute Gasteiger partial charge is 0.475 e. The molecule has 0 fully saturated rings. The molecule has 0 saturated heterocycles. The first kappa shape index (κ1) is 12.8. The summed E-state index contributed by atoms with van der Waals surface area (Å²) in [6, 6.07) is 0. The highest BCUT2D eigenvalue weighted by Gasteiger charge is 2.24. The predicted octanol–water partition coefficient (Wildman–Crippen LogP) is 2.76. The second-order valence-corrected chi connectivity index (χ2v) is 3.82. The van der Waals surface area contributed by atoms with E-state index in [9.17, 15) is 4.57 Å². The highest BCUT2D eigenvalue weighted by molar-refractivity contribution is 7.48. The van der Waals surface area contributed by atoms with Gasteiger partial charge < -0.3 is 0 Å². The monoisotopic (exact) mass is 208 g/mol. The molecule has 5 heteroatoms. The molecular weight excluding hydrogens is 191 g/mol. The van der Waals surface area contributed by atoms with Crippen molar-refractivity contribution >= 4 is 7.82 Å². The third-order valence-corrected chi connectivity index (χ3v) is 2.75. The standard InChI is InChI=1S/C8H17O4P/c1-4-7-8-12-13(9,10-5-2)11-6-3/h4,7H,5-6,8H2,1-3H3/b7-4-. The zero-order chi connectivity index (χ0) is 10.2. The maximum Gasteiger partial charge on any atom is 0.475 e. The Morgan fingerprint density at radius 1 is 1.15 bits per heavy atom. The van der Waals surface area contributed by atoms with Crippen LogP contribution in [0.25, 0.3) is 0 Å². The third kappa shape index (κ3) is 5.99. The lowest BCUT2D eigenvalue weighted by molar-refractivity contribution is 0.131. The van der Waals surface area contributed by atoms with Crippen molar-refractivity contribution in [1.29, 1.82) is 0 Å². The van der Waals surface area contributed by atoms with Crippen LogP contribution in [0.15, 0.2) is 12.2 Å². The normalized spacial score (nSPS) is 12.5. The summed E-state index contributed by atoms with van der Waals surface area (Å²) in [5, 5.41) is 0. The molecule has 0 amide bonds. The van der Waals surface area contributed by atoms with Gasteiger partial charge in [0.2, 0.25) is 0 Å². The Morgan fingerprint density at radius 2 is 1.69 bits per heavy atom. The molecule has 0 aromatic heterocycles. The molecule has 0 saturated carbocycles. The molecule has 0 aliphatic heterocycles. The number of allylic oxidation sites excluding steroid dienone is 1. The minimum atomic E-state index is -3.30. The van der Waals surface area contributed by atoms with Gasteiger partial charge in [-0.05, 0) is 20.8 Å². The van der Waals surface area contributed by atoms with Gasteiger partial charge in [0.05, 0.1) is 19.8 Å². The van der Waals surface area contributed by atoms with Crippen LogP contribution < -0.4 is 0 Å². The molecule has 0 radical (unpaired) electrons. The average molecular weight is 208 g/mol. The van der Waals surface area contributed by atoms with E-state index in [4.69, 9.17) is 13.6 Å². The summed E-state index contributed by atoms with van der Waals surface area (Å²) in [6.07, 6.45) is 3.55. The summed E-state index contributed by atoms with van der Waals surface area (Å²) < 4.78 is 26.3. The van der Waals surface area contributed by atoms with Crippen LogP contribution in [0.5, 0.6) is 0 Å². The molecule has 0 aromatic rings. The van der Waals surface area contributed by atoms with Gasteiger partial charge in [-0.15, -0.1) is 0 Å². The Labute approximate surface area is 79.5 Å². The van der Waals surface area contributed by atoms with Gasteiger partial charge in [-0.25, -0.2) is 4.57 Å². The van der Waals surface area contributed by atoms with E-state index in [-0.39, 0.29) is 6.61 Å².